The first-order valence-electron chi connectivity index (χ1n) is 6.27. The molecule has 2 aromatic rings. The summed E-state index contributed by atoms with van der Waals surface area (Å²) in [6, 6.07) is 11.1. The van der Waals surface area contributed by atoms with E-state index >= 15 is 0 Å². The number of fused-ring (bicyclic) bond motifs is 1. The number of amides is 1. The van der Waals surface area contributed by atoms with Gasteiger partial charge in [-0.2, -0.15) is 0 Å². The summed E-state index contributed by atoms with van der Waals surface area (Å²) in [5.74, 6) is -0.0520. The third-order valence-electron chi connectivity index (χ3n) is 3.29. The maximum absolute atomic E-state index is 12.5. The number of pyridine rings is 1. The summed E-state index contributed by atoms with van der Waals surface area (Å²) in [5, 5.41) is 0.714. The molecule has 19 heavy (non-hydrogen) atoms. The van der Waals surface area contributed by atoms with Gasteiger partial charge in [0.05, 0.1) is 0 Å². The van der Waals surface area contributed by atoms with Gasteiger partial charge in [-0.15, -0.1) is 0 Å². The van der Waals surface area contributed by atoms with Crippen molar-refractivity contribution in [2.45, 2.75) is 12.8 Å². The van der Waals surface area contributed by atoms with Gasteiger partial charge in [0, 0.05) is 23.5 Å². The zero-order valence-electron chi connectivity index (χ0n) is 10.3. The SMILES string of the molecule is O=C(c1ccccn1)N1CCCc2cc(Cl)ccc21. The molecule has 4 heteroatoms. The van der Waals surface area contributed by atoms with Crippen LogP contribution in [0.15, 0.2) is 42.6 Å². The Kier molecular flexibility index (Phi) is 3.22. The Morgan fingerprint density at radius 2 is 2.16 bits per heavy atom. The van der Waals surface area contributed by atoms with Crippen molar-refractivity contribution in [3.8, 4) is 0 Å². The lowest BCUT2D eigenvalue weighted by molar-refractivity contribution is 0.0980. The highest BCUT2D eigenvalue weighted by atomic mass is 35.5. The molecule has 3 nitrogen and oxygen atoms in total. The maximum atomic E-state index is 12.5. The van der Waals surface area contributed by atoms with Gasteiger partial charge in [0.2, 0.25) is 0 Å². The van der Waals surface area contributed by atoms with Crippen LogP contribution in [-0.2, 0) is 6.42 Å². The number of nitrogens with zero attached hydrogens (tertiary/aromatic N) is 2. The number of aromatic nitrogens is 1. The number of hydrogen-bond acceptors (Lipinski definition) is 2. The standard InChI is InChI=1S/C15H13ClN2O/c16-12-6-7-14-11(10-12)4-3-9-18(14)15(19)13-5-1-2-8-17-13/h1-2,5-8,10H,3-4,9H2. The number of benzene rings is 1. The topological polar surface area (TPSA) is 33.2 Å². The second-order valence-corrected chi connectivity index (χ2v) is 4.98. The Labute approximate surface area is 116 Å². The Bertz CT molecular complexity index is 613. The van der Waals surface area contributed by atoms with Gasteiger partial charge in [0.15, 0.2) is 0 Å². The number of hydrogen-bond donors (Lipinski definition) is 0. The highest BCUT2D eigenvalue weighted by Crippen LogP contribution is 2.30. The molecule has 96 valence electrons. The number of rotatable bonds is 1. The molecule has 0 spiro atoms. The molecule has 1 aliphatic heterocycles. The second-order valence-electron chi connectivity index (χ2n) is 4.55. The summed E-state index contributed by atoms with van der Waals surface area (Å²) >= 11 is 6.01. The molecule has 0 atom stereocenters. The van der Waals surface area contributed by atoms with Gasteiger partial charge in [0.25, 0.3) is 5.91 Å². The first kappa shape index (κ1) is 12.2. The zero-order valence-corrected chi connectivity index (χ0v) is 11.1. The van der Waals surface area contributed by atoms with Crippen LogP contribution in [0.4, 0.5) is 5.69 Å². The van der Waals surface area contributed by atoms with E-state index in [0.717, 1.165) is 30.6 Å². The Morgan fingerprint density at radius 3 is 2.95 bits per heavy atom. The Hall–Kier alpha value is -1.87. The molecule has 0 saturated carbocycles. The quantitative estimate of drug-likeness (QED) is 0.798. The fourth-order valence-electron chi connectivity index (χ4n) is 2.40. The van der Waals surface area contributed by atoms with Crippen molar-refractivity contribution in [2.24, 2.45) is 0 Å². The average Bonchev–Trinajstić information content (AvgIpc) is 2.46. The first-order chi connectivity index (χ1) is 9.25. The van der Waals surface area contributed by atoms with E-state index in [1.54, 1.807) is 23.2 Å². The number of carbonyl (C=O) groups is 1. The van der Waals surface area contributed by atoms with E-state index in [2.05, 4.69) is 4.98 Å². The minimum Gasteiger partial charge on any atom is -0.307 e. The van der Waals surface area contributed by atoms with Crippen molar-refractivity contribution < 1.29 is 4.79 Å². The monoisotopic (exact) mass is 272 g/mol. The van der Waals surface area contributed by atoms with Crippen LogP contribution in [0.2, 0.25) is 5.02 Å². The summed E-state index contributed by atoms with van der Waals surface area (Å²) < 4.78 is 0. The number of aryl methyl sites for hydroxylation is 1. The summed E-state index contributed by atoms with van der Waals surface area (Å²) in [5.41, 5.74) is 2.56. The maximum Gasteiger partial charge on any atom is 0.276 e. The van der Waals surface area contributed by atoms with Crippen molar-refractivity contribution in [3.63, 3.8) is 0 Å². The Morgan fingerprint density at radius 1 is 1.26 bits per heavy atom. The molecule has 3 rings (SSSR count). The highest BCUT2D eigenvalue weighted by molar-refractivity contribution is 6.30. The van der Waals surface area contributed by atoms with Crippen molar-refractivity contribution >= 4 is 23.2 Å². The molecule has 0 saturated heterocycles. The van der Waals surface area contributed by atoms with Gasteiger partial charge < -0.3 is 4.90 Å². The number of halogens is 1. The summed E-state index contributed by atoms with van der Waals surface area (Å²) in [6.07, 6.45) is 3.55. The van der Waals surface area contributed by atoms with E-state index in [4.69, 9.17) is 11.6 Å². The van der Waals surface area contributed by atoms with Crippen molar-refractivity contribution in [2.75, 3.05) is 11.4 Å². The van der Waals surface area contributed by atoms with Gasteiger partial charge in [-0.1, -0.05) is 17.7 Å². The number of carbonyl (C=O) groups excluding carboxylic acids is 1. The van der Waals surface area contributed by atoms with Gasteiger partial charge >= 0.3 is 0 Å². The molecule has 0 N–H and O–H groups in total. The van der Waals surface area contributed by atoms with Crippen molar-refractivity contribution in [1.82, 2.24) is 4.98 Å². The summed E-state index contributed by atoms with van der Waals surface area (Å²) in [4.78, 5) is 18.4. The van der Waals surface area contributed by atoms with Crippen molar-refractivity contribution in [1.29, 1.82) is 0 Å². The predicted octanol–water partition coefficient (Wildman–Crippen LogP) is 3.33. The number of anilines is 1. The van der Waals surface area contributed by atoms with Crippen LogP contribution in [-0.4, -0.2) is 17.4 Å². The molecule has 1 amide bonds. The molecule has 0 radical (unpaired) electrons. The van der Waals surface area contributed by atoms with Crippen LogP contribution >= 0.6 is 11.6 Å². The van der Waals surface area contributed by atoms with Crippen molar-refractivity contribution in [3.05, 3.63) is 58.9 Å². The van der Waals surface area contributed by atoms with Crippen LogP contribution in [0.25, 0.3) is 0 Å². The smallest absolute Gasteiger partial charge is 0.276 e. The van der Waals surface area contributed by atoms with Gasteiger partial charge in [-0.3, -0.25) is 9.78 Å². The van der Waals surface area contributed by atoms with E-state index in [-0.39, 0.29) is 5.91 Å². The van der Waals surface area contributed by atoms with Gasteiger partial charge in [0.1, 0.15) is 5.69 Å². The van der Waals surface area contributed by atoms with E-state index in [1.807, 2.05) is 24.3 Å². The molecular weight excluding hydrogens is 260 g/mol. The lowest BCUT2D eigenvalue weighted by Crippen LogP contribution is -2.35. The lowest BCUT2D eigenvalue weighted by Gasteiger charge is -2.29. The minimum atomic E-state index is -0.0520. The van der Waals surface area contributed by atoms with Crippen LogP contribution in [0, 0.1) is 0 Å². The molecule has 2 heterocycles. The molecule has 0 unspecified atom stereocenters. The predicted molar refractivity (Wildman–Crippen MR) is 75.7 cm³/mol. The van der Waals surface area contributed by atoms with E-state index < -0.39 is 0 Å². The van der Waals surface area contributed by atoms with Crippen LogP contribution in [0.1, 0.15) is 22.5 Å². The molecule has 1 aromatic carbocycles. The lowest BCUT2D eigenvalue weighted by atomic mass is 10.0. The summed E-state index contributed by atoms with van der Waals surface area (Å²) in [7, 11) is 0. The van der Waals surface area contributed by atoms with Crippen LogP contribution in [0.5, 0.6) is 0 Å². The van der Waals surface area contributed by atoms with Gasteiger partial charge in [-0.25, -0.2) is 0 Å². The third-order valence-corrected chi connectivity index (χ3v) is 3.52. The molecule has 0 aliphatic carbocycles. The van der Waals surface area contributed by atoms with E-state index in [9.17, 15) is 4.79 Å². The normalized spacial score (nSPS) is 14.1. The molecular formula is C15H13ClN2O. The van der Waals surface area contributed by atoms with Crippen LogP contribution < -0.4 is 4.90 Å². The van der Waals surface area contributed by atoms with Crippen LogP contribution in [0.3, 0.4) is 0 Å². The molecule has 1 aliphatic rings. The molecule has 0 fully saturated rings. The fourth-order valence-corrected chi connectivity index (χ4v) is 2.60. The first-order valence-corrected chi connectivity index (χ1v) is 6.65. The Balaban J connectivity index is 1.98. The van der Waals surface area contributed by atoms with Gasteiger partial charge in [-0.05, 0) is 48.7 Å². The second kappa shape index (κ2) is 5.02. The third kappa shape index (κ3) is 2.34. The van der Waals surface area contributed by atoms with E-state index in [0.29, 0.717) is 10.7 Å². The zero-order chi connectivity index (χ0) is 13.2. The largest absolute Gasteiger partial charge is 0.307 e. The highest BCUT2D eigenvalue weighted by Gasteiger charge is 2.24. The average molecular weight is 273 g/mol. The molecule has 1 aromatic heterocycles. The minimum absolute atomic E-state index is 0.0520. The summed E-state index contributed by atoms with van der Waals surface area (Å²) in [6.45, 7) is 0.726. The fraction of sp³-hybridized carbons (Fsp3) is 0.200. The van der Waals surface area contributed by atoms with E-state index in [1.165, 1.54) is 0 Å². The molecule has 0 bridgehead atoms.